The van der Waals surface area contributed by atoms with E-state index in [2.05, 4.69) is 10.6 Å². The lowest BCUT2D eigenvalue weighted by atomic mass is 9.81. The predicted molar refractivity (Wildman–Crippen MR) is 98.7 cm³/mol. The third-order valence-corrected chi connectivity index (χ3v) is 5.73. The van der Waals surface area contributed by atoms with Gasteiger partial charge in [0.05, 0.1) is 24.0 Å². The smallest absolute Gasteiger partial charge is 0.235 e. The van der Waals surface area contributed by atoms with Gasteiger partial charge in [0.1, 0.15) is 0 Å². The lowest BCUT2D eigenvalue weighted by Gasteiger charge is -2.17. The molecule has 0 aromatic heterocycles. The summed E-state index contributed by atoms with van der Waals surface area (Å²) in [6.45, 7) is 3.79. The van der Waals surface area contributed by atoms with Crippen LogP contribution in [-0.2, 0) is 25.7 Å². The van der Waals surface area contributed by atoms with Crippen molar-refractivity contribution in [3.63, 3.8) is 0 Å². The Hall–Kier alpha value is -2.25. The number of carbonyl (C=O) groups is 3. The first-order valence-corrected chi connectivity index (χ1v) is 9.68. The Bertz CT molecular complexity index is 737. The first kappa shape index (κ1) is 18.1. The zero-order valence-corrected chi connectivity index (χ0v) is 15.4. The maximum Gasteiger partial charge on any atom is 0.235 e. The number of nitrogens with one attached hydrogen (secondary N) is 2. The molecule has 3 aliphatic rings. The molecule has 0 radical (unpaired) electrons. The summed E-state index contributed by atoms with van der Waals surface area (Å²) in [5.74, 6) is -1.20. The SMILES string of the molecule is CCNCc1cccc(NC(=O)CCN2C(=O)C3C4CCC(O4)C3C2=O)c1. The number of rotatable bonds is 7. The zero-order valence-electron chi connectivity index (χ0n) is 15.4. The summed E-state index contributed by atoms with van der Waals surface area (Å²) >= 11 is 0. The van der Waals surface area contributed by atoms with Crippen LogP contribution in [-0.4, -0.2) is 47.9 Å². The molecule has 3 amide bonds. The number of amides is 3. The summed E-state index contributed by atoms with van der Waals surface area (Å²) in [4.78, 5) is 38.7. The zero-order chi connectivity index (χ0) is 19.0. The Morgan fingerprint density at radius 1 is 1.19 bits per heavy atom. The molecule has 27 heavy (non-hydrogen) atoms. The largest absolute Gasteiger partial charge is 0.373 e. The highest BCUT2D eigenvalue weighted by Crippen LogP contribution is 2.48. The van der Waals surface area contributed by atoms with Crippen molar-refractivity contribution in [3.05, 3.63) is 29.8 Å². The third kappa shape index (κ3) is 3.37. The van der Waals surface area contributed by atoms with Crippen LogP contribution in [0, 0.1) is 11.8 Å². The van der Waals surface area contributed by atoms with Gasteiger partial charge in [-0.3, -0.25) is 19.3 Å². The molecule has 1 aromatic rings. The number of imide groups is 1. The highest BCUT2D eigenvalue weighted by molar-refractivity contribution is 6.06. The van der Waals surface area contributed by atoms with E-state index in [0.29, 0.717) is 0 Å². The molecule has 1 aromatic carbocycles. The molecule has 7 heteroatoms. The number of hydrogen-bond acceptors (Lipinski definition) is 5. The van der Waals surface area contributed by atoms with Crippen LogP contribution >= 0.6 is 0 Å². The fourth-order valence-corrected chi connectivity index (χ4v) is 4.46. The number of hydrogen-bond donors (Lipinski definition) is 2. The second-order valence-corrected chi connectivity index (χ2v) is 7.45. The van der Waals surface area contributed by atoms with E-state index < -0.39 is 0 Å². The number of ether oxygens (including phenoxy) is 1. The Morgan fingerprint density at radius 2 is 1.89 bits per heavy atom. The topological polar surface area (TPSA) is 87.7 Å². The molecule has 7 nitrogen and oxygen atoms in total. The lowest BCUT2D eigenvalue weighted by Crippen LogP contribution is -2.36. The highest BCUT2D eigenvalue weighted by atomic mass is 16.5. The first-order valence-electron chi connectivity index (χ1n) is 9.68. The predicted octanol–water partition coefficient (Wildman–Crippen LogP) is 1.29. The minimum absolute atomic E-state index is 0.102. The molecule has 2 bridgehead atoms. The van der Waals surface area contributed by atoms with Crippen LogP contribution in [0.5, 0.6) is 0 Å². The van der Waals surface area contributed by atoms with Crippen LogP contribution in [0.25, 0.3) is 0 Å². The van der Waals surface area contributed by atoms with E-state index in [1.807, 2.05) is 31.2 Å². The molecule has 2 N–H and O–H groups in total. The van der Waals surface area contributed by atoms with Gasteiger partial charge in [0.25, 0.3) is 0 Å². The van der Waals surface area contributed by atoms with Crippen molar-refractivity contribution in [2.24, 2.45) is 11.8 Å². The van der Waals surface area contributed by atoms with Gasteiger partial charge < -0.3 is 15.4 Å². The van der Waals surface area contributed by atoms with Crippen LogP contribution in [0.2, 0.25) is 0 Å². The minimum atomic E-state index is -0.331. The third-order valence-electron chi connectivity index (χ3n) is 5.73. The van der Waals surface area contributed by atoms with Gasteiger partial charge in [-0.05, 0) is 37.1 Å². The fraction of sp³-hybridized carbons (Fsp3) is 0.550. The van der Waals surface area contributed by atoms with Crippen molar-refractivity contribution < 1.29 is 19.1 Å². The maximum absolute atomic E-state index is 12.6. The quantitative estimate of drug-likeness (QED) is 0.705. The Morgan fingerprint density at radius 3 is 2.56 bits per heavy atom. The van der Waals surface area contributed by atoms with E-state index in [4.69, 9.17) is 4.74 Å². The van der Waals surface area contributed by atoms with Crippen molar-refractivity contribution in [2.75, 3.05) is 18.4 Å². The molecule has 4 rings (SSSR count). The average Bonchev–Trinajstić information content (AvgIpc) is 3.33. The Labute approximate surface area is 158 Å². The monoisotopic (exact) mass is 371 g/mol. The van der Waals surface area contributed by atoms with Crippen molar-refractivity contribution in [3.8, 4) is 0 Å². The number of benzene rings is 1. The molecule has 144 valence electrons. The summed E-state index contributed by atoms with van der Waals surface area (Å²) in [6.07, 6.45) is 1.57. The van der Waals surface area contributed by atoms with E-state index >= 15 is 0 Å². The van der Waals surface area contributed by atoms with E-state index in [1.165, 1.54) is 4.90 Å². The van der Waals surface area contributed by atoms with Crippen LogP contribution < -0.4 is 10.6 Å². The van der Waals surface area contributed by atoms with Crippen LogP contribution in [0.1, 0.15) is 31.7 Å². The van der Waals surface area contributed by atoms with Crippen LogP contribution in [0.3, 0.4) is 0 Å². The molecule has 0 aliphatic carbocycles. The van der Waals surface area contributed by atoms with Gasteiger partial charge in [-0.15, -0.1) is 0 Å². The molecule has 3 saturated heterocycles. The van der Waals surface area contributed by atoms with Crippen molar-refractivity contribution in [1.29, 1.82) is 0 Å². The molecule has 3 aliphatic heterocycles. The van der Waals surface area contributed by atoms with Crippen molar-refractivity contribution in [1.82, 2.24) is 10.2 Å². The lowest BCUT2D eigenvalue weighted by molar-refractivity contribution is -0.142. The molecule has 0 spiro atoms. The summed E-state index contributed by atoms with van der Waals surface area (Å²) in [6, 6.07) is 7.65. The normalized spacial score (nSPS) is 28.7. The molecular weight excluding hydrogens is 346 g/mol. The average molecular weight is 371 g/mol. The number of carbonyl (C=O) groups excluding carboxylic acids is 3. The van der Waals surface area contributed by atoms with Gasteiger partial charge in [0.2, 0.25) is 17.7 Å². The molecule has 0 saturated carbocycles. The maximum atomic E-state index is 12.6. The number of anilines is 1. The fourth-order valence-electron chi connectivity index (χ4n) is 4.46. The number of nitrogens with zero attached hydrogens (tertiary/aromatic N) is 1. The van der Waals surface area contributed by atoms with Gasteiger partial charge in [-0.2, -0.15) is 0 Å². The summed E-state index contributed by atoms with van der Waals surface area (Å²) in [5, 5.41) is 6.10. The van der Waals surface area contributed by atoms with Crippen LogP contribution in [0.4, 0.5) is 5.69 Å². The molecular formula is C20H25N3O4. The second kappa shape index (κ2) is 7.40. The molecule has 3 fully saturated rings. The van der Waals surface area contributed by atoms with E-state index in [9.17, 15) is 14.4 Å². The van der Waals surface area contributed by atoms with Gasteiger partial charge in [-0.25, -0.2) is 0 Å². The van der Waals surface area contributed by atoms with E-state index in [1.54, 1.807) is 0 Å². The van der Waals surface area contributed by atoms with E-state index in [-0.39, 0.29) is 54.7 Å². The molecule has 3 heterocycles. The Balaban J connectivity index is 1.32. The summed E-state index contributed by atoms with van der Waals surface area (Å²) < 4.78 is 5.72. The summed E-state index contributed by atoms with van der Waals surface area (Å²) in [5.41, 5.74) is 1.81. The minimum Gasteiger partial charge on any atom is -0.373 e. The molecule has 4 atom stereocenters. The van der Waals surface area contributed by atoms with Gasteiger partial charge in [0.15, 0.2) is 0 Å². The van der Waals surface area contributed by atoms with E-state index in [0.717, 1.165) is 37.2 Å². The standard InChI is InChI=1S/C20H25N3O4/c1-2-21-11-12-4-3-5-13(10-12)22-16(24)8-9-23-19(25)17-14-6-7-15(27-14)18(17)20(23)26/h3-5,10,14-15,17-18,21H,2,6-9,11H2,1H3,(H,22,24). The van der Waals surface area contributed by atoms with Crippen LogP contribution in [0.15, 0.2) is 24.3 Å². The highest BCUT2D eigenvalue weighted by Gasteiger charge is 2.62. The molecule has 4 unspecified atom stereocenters. The van der Waals surface area contributed by atoms with Crippen molar-refractivity contribution >= 4 is 23.4 Å². The van der Waals surface area contributed by atoms with Crippen molar-refractivity contribution in [2.45, 2.75) is 44.9 Å². The Kier molecular flexibility index (Phi) is 4.97. The summed E-state index contributed by atoms with van der Waals surface area (Å²) in [7, 11) is 0. The first-order chi connectivity index (χ1) is 13.1. The number of fused-ring (bicyclic) bond motifs is 5. The van der Waals surface area contributed by atoms with Gasteiger partial charge in [0, 0.05) is 25.2 Å². The van der Waals surface area contributed by atoms with Gasteiger partial charge >= 0.3 is 0 Å². The van der Waals surface area contributed by atoms with Gasteiger partial charge in [-0.1, -0.05) is 19.1 Å². The number of likely N-dealkylation sites (tertiary alicyclic amines) is 1. The second-order valence-electron chi connectivity index (χ2n) is 7.45.